The Morgan fingerprint density at radius 3 is 2.49 bits per heavy atom. The molecule has 0 aliphatic heterocycles. The summed E-state index contributed by atoms with van der Waals surface area (Å²) in [6.45, 7) is 7.03. The van der Waals surface area contributed by atoms with E-state index in [1.165, 1.54) is 5.56 Å². The van der Waals surface area contributed by atoms with E-state index in [2.05, 4.69) is 58.4 Å². The highest BCUT2D eigenvalue weighted by Crippen LogP contribution is 2.40. The number of aromatic amines is 1. The quantitative estimate of drug-likeness (QED) is 0.415. The lowest BCUT2D eigenvalue weighted by Crippen LogP contribution is -2.09. The van der Waals surface area contributed by atoms with Crippen LogP contribution in [-0.2, 0) is 32.9 Å². The summed E-state index contributed by atoms with van der Waals surface area (Å²) in [5, 5.41) is 16.9. The van der Waals surface area contributed by atoms with E-state index in [1.54, 1.807) is 0 Å². The smallest absolute Gasteiger partial charge is 0.134 e. The van der Waals surface area contributed by atoms with E-state index in [1.807, 2.05) is 41.8 Å². The Labute approximate surface area is 204 Å². The molecule has 4 heterocycles. The van der Waals surface area contributed by atoms with Crippen molar-refractivity contribution in [2.24, 2.45) is 7.05 Å². The maximum absolute atomic E-state index is 5.04. The Morgan fingerprint density at radius 1 is 0.971 bits per heavy atom. The van der Waals surface area contributed by atoms with Crippen LogP contribution in [0.5, 0.6) is 0 Å². The van der Waals surface area contributed by atoms with Crippen LogP contribution >= 0.6 is 0 Å². The molecule has 0 fully saturated rings. The molecule has 1 aliphatic rings. The summed E-state index contributed by atoms with van der Waals surface area (Å²) in [6, 6.07) is 10.7. The van der Waals surface area contributed by atoms with Crippen LogP contribution in [0.4, 0.5) is 0 Å². The van der Waals surface area contributed by atoms with Gasteiger partial charge in [-0.05, 0) is 50.8 Å². The van der Waals surface area contributed by atoms with Gasteiger partial charge in [-0.3, -0.25) is 14.5 Å². The van der Waals surface area contributed by atoms with E-state index < -0.39 is 0 Å². The molecule has 0 radical (unpaired) electrons. The van der Waals surface area contributed by atoms with Gasteiger partial charge in [-0.1, -0.05) is 24.3 Å². The zero-order valence-electron chi connectivity index (χ0n) is 20.5. The van der Waals surface area contributed by atoms with E-state index in [-0.39, 0.29) is 0 Å². The predicted octanol–water partition coefficient (Wildman–Crippen LogP) is 4.46. The summed E-state index contributed by atoms with van der Waals surface area (Å²) in [6.07, 6.45) is 6.40. The minimum atomic E-state index is 0.614. The third kappa shape index (κ3) is 3.65. The molecule has 0 unspecified atom stereocenters. The second kappa shape index (κ2) is 8.30. The molecule has 8 nitrogen and oxygen atoms in total. The number of benzene rings is 1. The molecule has 0 atom stereocenters. The standard InChI is InChI=1S/C27H28N8/c1-5-35-13-12-21(32-35)14-23-28-15-20-10-11-22-25(26(20)29-23)27(34(4)33-22)19-8-6-18(7-9-19)24-16(2)30-31-17(24)3/h6-9,12-13,15H,5,10-11,14H2,1-4H3,(H,30,31). The van der Waals surface area contributed by atoms with Crippen molar-refractivity contribution in [3.05, 3.63) is 76.9 Å². The first-order valence-corrected chi connectivity index (χ1v) is 12.1. The fraction of sp³-hybridized carbons (Fsp3) is 0.296. The lowest BCUT2D eigenvalue weighted by Gasteiger charge is -2.16. The van der Waals surface area contributed by atoms with Gasteiger partial charge in [0.2, 0.25) is 0 Å². The summed E-state index contributed by atoms with van der Waals surface area (Å²) < 4.78 is 3.93. The van der Waals surface area contributed by atoms with Crippen LogP contribution in [0.15, 0.2) is 42.7 Å². The highest BCUT2D eigenvalue weighted by atomic mass is 15.3. The molecule has 0 amide bonds. The molecule has 35 heavy (non-hydrogen) atoms. The van der Waals surface area contributed by atoms with E-state index in [0.29, 0.717) is 6.42 Å². The summed E-state index contributed by atoms with van der Waals surface area (Å²) in [4.78, 5) is 9.70. The first-order valence-electron chi connectivity index (χ1n) is 12.1. The second-order valence-corrected chi connectivity index (χ2v) is 9.18. The van der Waals surface area contributed by atoms with Gasteiger partial charge in [0.1, 0.15) is 5.82 Å². The molecule has 1 aromatic carbocycles. The molecule has 6 rings (SSSR count). The fourth-order valence-corrected chi connectivity index (χ4v) is 5.12. The van der Waals surface area contributed by atoms with Gasteiger partial charge < -0.3 is 0 Å². The van der Waals surface area contributed by atoms with Crippen molar-refractivity contribution in [1.29, 1.82) is 0 Å². The van der Waals surface area contributed by atoms with Gasteiger partial charge in [0.05, 0.1) is 34.9 Å². The Hall–Kier alpha value is -4.07. The van der Waals surface area contributed by atoms with Gasteiger partial charge >= 0.3 is 0 Å². The molecule has 4 aromatic heterocycles. The van der Waals surface area contributed by atoms with Crippen molar-refractivity contribution in [3.8, 4) is 33.6 Å². The number of aromatic nitrogens is 8. The lowest BCUT2D eigenvalue weighted by molar-refractivity contribution is 0.648. The zero-order valence-corrected chi connectivity index (χ0v) is 20.5. The highest BCUT2D eigenvalue weighted by molar-refractivity contribution is 5.84. The van der Waals surface area contributed by atoms with Gasteiger partial charge in [-0.15, -0.1) is 0 Å². The Balaban J connectivity index is 1.40. The Morgan fingerprint density at radius 2 is 1.77 bits per heavy atom. The molecule has 0 bridgehead atoms. The maximum atomic E-state index is 5.04. The molecule has 1 N–H and O–H groups in total. The van der Waals surface area contributed by atoms with Gasteiger partial charge in [0.25, 0.3) is 0 Å². The van der Waals surface area contributed by atoms with Gasteiger partial charge in [-0.2, -0.15) is 15.3 Å². The van der Waals surface area contributed by atoms with Crippen LogP contribution in [0.2, 0.25) is 0 Å². The van der Waals surface area contributed by atoms with Crippen molar-refractivity contribution in [2.75, 3.05) is 0 Å². The predicted molar refractivity (Wildman–Crippen MR) is 135 cm³/mol. The number of hydrogen-bond acceptors (Lipinski definition) is 5. The summed E-state index contributed by atoms with van der Waals surface area (Å²) in [7, 11) is 2.02. The minimum Gasteiger partial charge on any atom is -0.282 e. The number of nitrogens with zero attached hydrogens (tertiary/aromatic N) is 7. The number of H-pyrrole nitrogens is 1. The van der Waals surface area contributed by atoms with Crippen LogP contribution in [0, 0.1) is 13.8 Å². The number of hydrogen-bond donors (Lipinski definition) is 1. The topological polar surface area (TPSA) is 90.1 Å². The first-order chi connectivity index (χ1) is 17.0. The molecule has 8 heteroatoms. The average Bonchev–Trinajstić information content (AvgIpc) is 3.55. The van der Waals surface area contributed by atoms with Gasteiger partial charge in [0, 0.05) is 48.4 Å². The second-order valence-electron chi connectivity index (χ2n) is 9.18. The number of aryl methyl sites for hydroxylation is 6. The lowest BCUT2D eigenvalue weighted by atomic mass is 9.91. The van der Waals surface area contributed by atoms with Crippen molar-refractivity contribution >= 4 is 0 Å². The average molecular weight is 465 g/mol. The third-order valence-corrected chi connectivity index (χ3v) is 6.84. The first kappa shape index (κ1) is 21.5. The van der Waals surface area contributed by atoms with Crippen LogP contribution in [0.3, 0.4) is 0 Å². The van der Waals surface area contributed by atoms with Crippen LogP contribution < -0.4 is 0 Å². The number of fused-ring (bicyclic) bond motifs is 3. The zero-order chi connectivity index (χ0) is 24.1. The van der Waals surface area contributed by atoms with Crippen molar-refractivity contribution < 1.29 is 0 Å². The molecule has 5 aromatic rings. The molecular formula is C27H28N8. The molecule has 1 aliphatic carbocycles. The van der Waals surface area contributed by atoms with Gasteiger partial charge in [-0.25, -0.2) is 9.97 Å². The van der Waals surface area contributed by atoms with E-state index in [0.717, 1.165) is 81.6 Å². The normalized spacial score (nSPS) is 12.6. The van der Waals surface area contributed by atoms with E-state index >= 15 is 0 Å². The Kier molecular flexibility index (Phi) is 5.09. The molecule has 176 valence electrons. The van der Waals surface area contributed by atoms with E-state index in [9.17, 15) is 0 Å². The van der Waals surface area contributed by atoms with Crippen LogP contribution in [-0.4, -0.2) is 39.7 Å². The van der Waals surface area contributed by atoms with Gasteiger partial charge in [0.15, 0.2) is 0 Å². The molecule has 0 spiro atoms. The Bertz CT molecular complexity index is 1510. The molecular weight excluding hydrogens is 436 g/mol. The van der Waals surface area contributed by atoms with Crippen LogP contribution in [0.1, 0.15) is 41.1 Å². The minimum absolute atomic E-state index is 0.614. The van der Waals surface area contributed by atoms with Crippen molar-refractivity contribution in [3.63, 3.8) is 0 Å². The largest absolute Gasteiger partial charge is 0.282 e. The monoisotopic (exact) mass is 464 g/mol. The third-order valence-electron chi connectivity index (χ3n) is 6.84. The molecule has 0 saturated carbocycles. The van der Waals surface area contributed by atoms with Crippen molar-refractivity contribution in [2.45, 2.75) is 46.6 Å². The SMILES string of the molecule is CCn1ccc(Cc2ncc3c(n2)-c2c(nn(C)c2-c2ccc(-c4c(C)n[nH]c4C)cc2)CC3)n1. The summed E-state index contributed by atoms with van der Waals surface area (Å²) >= 11 is 0. The van der Waals surface area contributed by atoms with Crippen LogP contribution in [0.25, 0.3) is 33.6 Å². The summed E-state index contributed by atoms with van der Waals surface area (Å²) in [5.41, 5.74) is 12.0. The van der Waals surface area contributed by atoms with Crippen molar-refractivity contribution in [1.82, 2.24) is 39.7 Å². The number of nitrogens with one attached hydrogen (secondary N) is 1. The fourth-order valence-electron chi connectivity index (χ4n) is 5.12. The van der Waals surface area contributed by atoms with E-state index in [4.69, 9.17) is 10.1 Å². The number of rotatable bonds is 5. The summed E-state index contributed by atoms with van der Waals surface area (Å²) in [5.74, 6) is 0.786. The molecule has 0 saturated heterocycles. The maximum Gasteiger partial charge on any atom is 0.134 e. The highest BCUT2D eigenvalue weighted by Gasteiger charge is 2.27.